The summed E-state index contributed by atoms with van der Waals surface area (Å²) >= 11 is 0. The summed E-state index contributed by atoms with van der Waals surface area (Å²) in [6.45, 7) is -0.125. The molecule has 1 amide bonds. The molecule has 2 aromatic rings. The van der Waals surface area contributed by atoms with E-state index in [4.69, 9.17) is 0 Å². The molecule has 0 spiro atoms. The van der Waals surface area contributed by atoms with Gasteiger partial charge in [-0.15, -0.1) is 0 Å². The van der Waals surface area contributed by atoms with Crippen molar-refractivity contribution < 1.29 is 30.8 Å². The second kappa shape index (κ2) is 6.56. The number of carbonyl (C=O) groups excluding carboxylic acids is 1. The van der Waals surface area contributed by atoms with Gasteiger partial charge in [-0.05, 0) is 29.8 Å². The Labute approximate surface area is 134 Å². The van der Waals surface area contributed by atoms with Crippen LogP contribution in [-0.4, -0.2) is 24.8 Å². The summed E-state index contributed by atoms with van der Waals surface area (Å²) in [5, 5.41) is 0.899. The molecule has 0 bridgehead atoms. The lowest BCUT2D eigenvalue weighted by Crippen LogP contribution is -2.30. The summed E-state index contributed by atoms with van der Waals surface area (Å²) in [5.74, 6) is -1.54. The van der Waals surface area contributed by atoms with E-state index >= 15 is 0 Å². The van der Waals surface area contributed by atoms with Gasteiger partial charge >= 0.3 is 5.51 Å². The highest BCUT2D eigenvalue weighted by Crippen LogP contribution is 2.30. The number of nitrogens with one attached hydrogen (secondary N) is 1. The van der Waals surface area contributed by atoms with Gasteiger partial charge in [-0.2, -0.15) is 13.2 Å². The van der Waals surface area contributed by atoms with E-state index in [-0.39, 0.29) is 6.54 Å². The number of alkyl halides is 3. The fourth-order valence-electron chi connectivity index (χ4n) is 1.77. The Balaban J connectivity index is 2.26. The first-order valence-corrected chi connectivity index (χ1v) is 7.90. The topological polar surface area (TPSA) is 76.1 Å². The molecule has 0 atom stereocenters. The number of nitrogens with zero attached hydrogens (tertiary/aromatic N) is 1. The Hall–Kier alpha value is -2.49. The van der Waals surface area contributed by atoms with E-state index in [1.807, 2.05) is 0 Å². The van der Waals surface area contributed by atoms with E-state index in [0.29, 0.717) is 5.56 Å². The first-order chi connectivity index (χ1) is 11.1. The van der Waals surface area contributed by atoms with Crippen molar-refractivity contribution in [2.75, 3.05) is 0 Å². The van der Waals surface area contributed by atoms with E-state index in [1.54, 1.807) is 0 Å². The minimum Gasteiger partial charge on any atom is -0.348 e. The molecular formula is C14H10F4N2O3S. The Morgan fingerprint density at radius 2 is 1.75 bits per heavy atom. The molecule has 128 valence electrons. The molecule has 0 aliphatic heterocycles. The summed E-state index contributed by atoms with van der Waals surface area (Å²) in [6.07, 6.45) is 0.843. The van der Waals surface area contributed by atoms with Gasteiger partial charge in [-0.25, -0.2) is 17.8 Å². The van der Waals surface area contributed by atoms with E-state index in [2.05, 4.69) is 10.3 Å². The zero-order valence-corrected chi connectivity index (χ0v) is 12.7. The van der Waals surface area contributed by atoms with Gasteiger partial charge in [0, 0.05) is 12.7 Å². The normalized spacial score (nSPS) is 12.0. The predicted molar refractivity (Wildman–Crippen MR) is 75.0 cm³/mol. The third kappa shape index (κ3) is 3.70. The van der Waals surface area contributed by atoms with Crippen molar-refractivity contribution in [1.29, 1.82) is 0 Å². The van der Waals surface area contributed by atoms with Crippen molar-refractivity contribution in [3.05, 3.63) is 59.5 Å². The fraction of sp³-hybridized carbons (Fsp3) is 0.143. The van der Waals surface area contributed by atoms with Gasteiger partial charge in [0.05, 0.1) is 5.56 Å². The van der Waals surface area contributed by atoms with Gasteiger partial charge in [0.25, 0.3) is 15.7 Å². The molecule has 0 aliphatic carbocycles. The maximum Gasteiger partial charge on any atom is 0.503 e. The average molecular weight is 362 g/mol. The molecule has 1 aromatic carbocycles. The lowest BCUT2D eigenvalue weighted by atomic mass is 10.2. The second-order valence-corrected chi connectivity index (χ2v) is 6.47. The van der Waals surface area contributed by atoms with Crippen LogP contribution < -0.4 is 5.32 Å². The highest BCUT2D eigenvalue weighted by Gasteiger charge is 2.49. The van der Waals surface area contributed by atoms with Crippen molar-refractivity contribution in [3.8, 4) is 0 Å². The molecule has 1 heterocycles. The van der Waals surface area contributed by atoms with Gasteiger partial charge in [-0.3, -0.25) is 4.79 Å². The van der Waals surface area contributed by atoms with Crippen LogP contribution in [0.5, 0.6) is 0 Å². The Morgan fingerprint density at radius 3 is 2.33 bits per heavy atom. The van der Waals surface area contributed by atoms with Crippen LogP contribution in [0.25, 0.3) is 0 Å². The summed E-state index contributed by atoms with van der Waals surface area (Å²) in [6, 6.07) is 7.09. The van der Waals surface area contributed by atoms with Crippen LogP contribution in [0.1, 0.15) is 15.9 Å². The number of rotatable bonds is 4. The minimum absolute atomic E-state index is 0.125. The van der Waals surface area contributed by atoms with E-state index in [0.717, 1.165) is 30.5 Å². The smallest absolute Gasteiger partial charge is 0.348 e. The molecule has 0 radical (unpaired) electrons. The molecule has 0 fully saturated rings. The highest BCUT2D eigenvalue weighted by molar-refractivity contribution is 7.92. The lowest BCUT2D eigenvalue weighted by Gasteiger charge is -2.11. The van der Waals surface area contributed by atoms with Crippen molar-refractivity contribution in [2.45, 2.75) is 17.1 Å². The first-order valence-electron chi connectivity index (χ1n) is 6.42. The van der Waals surface area contributed by atoms with Crippen LogP contribution >= 0.6 is 0 Å². The monoisotopic (exact) mass is 362 g/mol. The number of aromatic nitrogens is 1. The van der Waals surface area contributed by atoms with Gasteiger partial charge in [0.15, 0.2) is 5.03 Å². The average Bonchev–Trinajstić information content (AvgIpc) is 2.53. The molecule has 0 saturated heterocycles. The number of hydrogen-bond donors (Lipinski definition) is 1. The van der Waals surface area contributed by atoms with Crippen LogP contribution in [0.3, 0.4) is 0 Å². The molecule has 0 saturated carbocycles. The van der Waals surface area contributed by atoms with E-state index in [9.17, 15) is 30.8 Å². The van der Waals surface area contributed by atoms with Crippen LogP contribution in [0, 0.1) is 5.82 Å². The molecule has 1 aromatic heterocycles. The molecule has 24 heavy (non-hydrogen) atoms. The molecule has 1 N–H and O–H groups in total. The van der Waals surface area contributed by atoms with Crippen molar-refractivity contribution in [1.82, 2.24) is 10.3 Å². The van der Waals surface area contributed by atoms with Gasteiger partial charge < -0.3 is 5.32 Å². The van der Waals surface area contributed by atoms with Crippen LogP contribution in [0.15, 0.2) is 47.6 Å². The van der Waals surface area contributed by atoms with Crippen LogP contribution in [0.2, 0.25) is 0 Å². The van der Waals surface area contributed by atoms with Crippen LogP contribution in [-0.2, 0) is 16.4 Å². The number of amides is 1. The molecule has 0 unspecified atom stereocenters. The molecule has 10 heteroatoms. The highest BCUT2D eigenvalue weighted by atomic mass is 32.2. The summed E-state index contributed by atoms with van der Waals surface area (Å²) in [5.41, 5.74) is -5.82. The van der Waals surface area contributed by atoms with E-state index < -0.39 is 37.7 Å². The minimum atomic E-state index is -5.76. The third-order valence-corrected chi connectivity index (χ3v) is 4.39. The van der Waals surface area contributed by atoms with Gasteiger partial charge in [0.1, 0.15) is 5.82 Å². The summed E-state index contributed by atoms with van der Waals surface area (Å²) in [7, 11) is -5.76. The number of pyridine rings is 1. The predicted octanol–water partition coefficient (Wildman–Crippen LogP) is 2.44. The van der Waals surface area contributed by atoms with Crippen molar-refractivity contribution in [2.24, 2.45) is 0 Å². The zero-order valence-electron chi connectivity index (χ0n) is 11.8. The summed E-state index contributed by atoms with van der Waals surface area (Å²) < 4.78 is 73.7. The number of sulfone groups is 1. The van der Waals surface area contributed by atoms with E-state index in [1.165, 1.54) is 12.1 Å². The van der Waals surface area contributed by atoms with Crippen molar-refractivity contribution in [3.63, 3.8) is 0 Å². The number of halogens is 4. The standard InChI is InChI=1S/C14H10F4N2O3S/c15-10-5-3-9(4-6-10)8-20-12(21)11-2-1-7-19-13(11)24(22,23)14(16,17)18/h1-7H,8H2,(H,20,21). The second-order valence-electron chi connectivity index (χ2n) is 4.61. The quantitative estimate of drug-likeness (QED) is 0.848. The molecule has 5 nitrogen and oxygen atoms in total. The van der Waals surface area contributed by atoms with Gasteiger partial charge in [0.2, 0.25) is 0 Å². The Bertz CT molecular complexity index is 849. The number of benzene rings is 1. The number of hydrogen-bond acceptors (Lipinski definition) is 4. The van der Waals surface area contributed by atoms with Crippen molar-refractivity contribution >= 4 is 15.7 Å². The maximum absolute atomic E-state index is 12.8. The molecular weight excluding hydrogens is 352 g/mol. The fourth-order valence-corrected chi connectivity index (χ4v) is 2.64. The lowest BCUT2D eigenvalue weighted by molar-refractivity contribution is -0.0438. The van der Waals surface area contributed by atoms with Crippen LogP contribution in [0.4, 0.5) is 17.6 Å². The van der Waals surface area contributed by atoms with Gasteiger partial charge in [-0.1, -0.05) is 12.1 Å². The SMILES string of the molecule is O=C(NCc1ccc(F)cc1)c1cccnc1S(=O)(=O)C(F)(F)F. The third-order valence-electron chi connectivity index (χ3n) is 2.94. The zero-order chi connectivity index (χ0) is 18.0. The first kappa shape index (κ1) is 17.9. The largest absolute Gasteiger partial charge is 0.503 e. The maximum atomic E-state index is 12.8. The number of carbonyl (C=O) groups is 1. The molecule has 2 rings (SSSR count). The summed E-state index contributed by atoms with van der Waals surface area (Å²) in [4.78, 5) is 15.2. The Morgan fingerprint density at radius 1 is 1.12 bits per heavy atom. The molecule has 0 aliphatic rings. The Kier molecular flexibility index (Phi) is 4.88.